The third kappa shape index (κ3) is 2.69. The third-order valence-corrected chi connectivity index (χ3v) is 4.97. The first-order valence-electron chi connectivity index (χ1n) is 6.48. The number of aryl methyl sites for hydroxylation is 1. The number of aliphatic hydroxyl groups excluding tert-OH is 1. The second-order valence-electron chi connectivity index (χ2n) is 5.21. The zero-order chi connectivity index (χ0) is 12.3. The van der Waals surface area contributed by atoms with E-state index < -0.39 is 6.10 Å². The maximum Gasteiger partial charge on any atom is 0.122 e. The van der Waals surface area contributed by atoms with Gasteiger partial charge in [-0.25, -0.2) is 4.98 Å². The molecule has 1 aliphatic rings. The smallest absolute Gasteiger partial charge is 0.122 e. The molecule has 0 radical (unpaired) electrons. The van der Waals surface area contributed by atoms with E-state index in [4.69, 9.17) is 5.73 Å². The van der Waals surface area contributed by atoms with E-state index in [1.165, 1.54) is 25.7 Å². The van der Waals surface area contributed by atoms with E-state index in [-0.39, 0.29) is 5.41 Å². The van der Waals surface area contributed by atoms with Crippen LogP contribution in [0, 0.1) is 12.3 Å². The van der Waals surface area contributed by atoms with Gasteiger partial charge in [-0.3, -0.25) is 0 Å². The van der Waals surface area contributed by atoms with Crippen LogP contribution in [-0.4, -0.2) is 16.6 Å². The summed E-state index contributed by atoms with van der Waals surface area (Å²) in [5.74, 6) is 0. The van der Waals surface area contributed by atoms with Crippen LogP contribution in [-0.2, 0) is 0 Å². The van der Waals surface area contributed by atoms with Crippen molar-refractivity contribution in [3.05, 3.63) is 16.1 Å². The number of thiazole rings is 1. The molecule has 1 aliphatic carbocycles. The van der Waals surface area contributed by atoms with Crippen LogP contribution >= 0.6 is 11.3 Å². The van der Waals surface area contributed by atoms with Gasteiger partial charge < -0.3 is 10.8 Å². The van der Waals surface area contributed by atoms with Gasteiger partial charge in [-0.05, 0) is 19.8 Å². The lowest BCUT2D eigenvalue weighted by Crippen LogP contribution is -2.36. The first-order chi connectivity index (χ1) is 8.18. The van der Waals surface area contributed by atoms with Gasteiger partial charge in [0.15, 0.2) is 0 Å². The highest BCUT2D eigenvalue weighted by atomic mass is 32.1. The number of hydrogen-bond acceptors (Lipinski definition) is 4. The van der Waals surface area contributed by atoms with Crippen molar-refractivity contribution in [2.24, 2.45) is 11.1 Å². The zero-order valence-electron chi connectivity index (χ0n) is 10.5. The summed E-state index contributed by atoms with van der Waals surface area (Å²) in [5.41, 5.74) is 6.82. The molecule has 96 valence electrons. The molecule has 1 aromatic heterocycles. The highest BCUT2D eigenvalue weighted by Crippen LogP contribution is 2.44. The summed E-state index contributed by atoms with van der Waals surface area (Å²) < 4.78 is 0. The van der Waals surface area contributed by atoms with Gasteiger partial charge in [0.2, 0.25) is 0 Å². The van der Waals surface area contributed by atoms with Gasteiger partial charge in [0.25, 0.3) is 0 Å². The molecular weight excluding hydrogens is 232 g/mol. The van der Waals surface area contributed by atoms with Crippen LogP contribution in [0.2, 0.25) is 0 Å². The van der Waals surface area contributed by atoms with Crippen molar-refractivity contribution < 1.29 is 5.11 Å². The molecule has 0 amide bonds. The molecule has 0 spiro atoms. The van der Waals surface area contributed by atoms with Crippen molar-refractivity contribution in [2.45, 2.75) is 51.6 Å². The fourth-order valence-corrected chi connectivity index (χ4v) is 3.70. The van der Waals surface area contributed by atoms with Crippen LogP contribution in [0.4, 0.5) is 0 Å². The number of rotatable bonds is 3. The number of aromatic nitrogens is 1. The molecule has 1 aromatic rings. The largest absolute Gasteiger partial charge is 0.385 e. The van der Waals surface area contributed by atoms with Crippen LogP contribution in [0.1, 0.15) is 55.3 Å². The minimum absolute atomic E-state index is 0.138. The minimum atomic E-state index is -0.482. The lowest BCUT2D eigenvalue weighted by atomic mass is 9.75. The van der Waals surface area contributed by atoms with Gasteiger partial charge in [-0.15, -0.1) is 11.3 Å². The Hall–Kier alpha value is -0.450. The van der Waals surface area contributed by atoms with Gasteiger partial charge in [0.05, 0.1) is 0 Å². The summed E-state index contributed by atoms with van der Waals surface area (Å²) >= 11 is 1.56. The zero-order valence-corrected chi connectivity index (χ0v) is 11.3. The molecular formula is C13H22N2OS. The first-order valence-corrected chi connectivity index (χ1v) is 7.36. The van der Waals surface area contributed by atoms with Crippen molar-refractivity contribution >= 4 is 11.3 Å². The van der Waals surface area contributed by atoms with Crippen LogP contribution in [0.3, 0.4) is 0 Å². The van der Waals surface area contributed by atoms with Crippen LogP contribution in [0.25, 0.3) is 0 Å². The molecule has 1 saturated carbocycles. The molecule has 1 fully saturated rings. The van der Waals surface area contributed by atoms with Gasteiger partial charge >= 0.3 is 0 Å². The van der Waals surface area contributed by atoms with Crippen molar-refractivity contribution in [1.29, 1.82) is 0 Å². The second kappa shape index (κ2) is 5.46. The van der Waals surface area contributed by atoms with Crippen LogP contribution < -0.4 is 5.73 Å². The molecule has 1 unspecified atom stereocenters. The van der Waals surface area contributed by atoms with Gasteiger partial charge in [0.1, 0.15) is 11.1 Å². The van der Waals surface area contributed by atoms with Crippen LogP contribution in [0.5, 0.6) is 0 Å². The summed E-state index contributed by atoms with van der Waals surface area (Å²) in [6.07, 6.45) is 6.48. The topological polar surface area (TPSA) is 59.1 Å². The molecule has 3 nitrogen and oxygen atoms in total. The summed E-state index contributed by atoms with van der Waals surface area (Å²) in [7, 11) is 0. The van der Waals surface area contributed by atoms with E-state index in [2.05, 4.69) is 4.98 Å². The maximum atomic E-state index is 10.6. The summed E-state index contributed by atoms with van der Waals surface area (Å²) in [4.78, 5) is 4.42. The van der Waals surface area contributed by atoms with Gasteiger partial charge in [-0.1, -0.05) is 25.7 Å². The minimum Gasteiger partial charge on any atom is -0.385 e. The molecule has 0 aliphatic heterocycles. The number of nitrogens with two attached hydrogens (primary N) is 1. The van der Waals surface area contributed by atoms with E-state index >= 15 is 0 Å². The van der Waals surface area contributed by atoms with Crippen molar-refractivity contribution in [1.82, 2.24) is 4.98 Å². The molecule has 4 heteroatoms. The number of nitrogens with zero attached hydrogens (tertiary/aromatic N) is 1. The summed E-state index contributed by atoms with van der Waals surface area (Å²) in [6.45, 7) is 2.53. The molecule has 17 heavy (non-hydrogen) atoms. The van der Waals surface area contributed by atoms with E-state index in [0.29, 0.717) is 6.54 Å². The Morgan fingerprint density at radius 2 is 2.06 bits per heavy atom. The standard InChI is InChI=1S/C13H22N2OS/c1-10-8-17-12(15-10)11(16)13(9-14)6-4-2-3-5-7-13/h8,11,16H,2-7,9,14H2,1H3. The van der Waals surface area contributed by atoms with E-state index in [1.807, 2.05) is 12.3 Å². The quantitative estimate of drug-likeness (QED) is 0.815. The van der Waals surface area contributed by atoms with E-state index in [9.17, 15) is 5.11 Å². The predicted octanol–water partition coefficient (Wildman–Crippen LogP) is 2.78. The Balaban J connectivity index is 2.21. The molecule has 1 atom stereocenters. The average Bonchev–Trinajstić information content (AvgIpc) is 2.64. The fraction of sp³-hybridized carbons (Fsp3) is 0.769. The summed E-state index contributed by atoms with van der Waals surface area (Å²) in [6, 6.07) is 0. The van der Waals surface area contributed by atoms with Crippen molar-refractivity contribution in [3.8, 4) is 0 Å². The van der Waals surface area contributed by atoms with Gasteiger partial charge in [0, 0.05) is 23.0 Å². The molecule has 2 rings (SSSR count). The van der Waals surface area contributed by atoms with Gasteiger partial charge in [-0.2, -0.15) is 0 Å². The molecule has 0 saturated heterocycles. The van der Waals surface area contributed by atoms with Crippen molar-refractivity contribution in [3.63, 3.8) is 0 Å². The highest BCUT2D eigenvalue weighted by Gasteiger charge is 2.39. The molecule has 0 aromatic carbocycles. The number of aliphatic hydroxyl groups is 1. The Morgan fingerprint density at radius 3 is 2.53 bits per heavy atom. The highest BCUT2D eigenvalue weighted by molar-refractivity contribution is 7.09. The maximum absolute atomic E-state index is 10.6. The van der Waals surface area contributed by atoms with Crippen LogP contribution in [0.15, 0.2) is 5.38 Å². The normalized spacial score (nSPS) is 22.1. The molecule has 0 bridgehead atoms. The monoisotopic (exact) mass is 254 g/mol. The second-order valence-corrected chi connectivity index (χ2v) is 6.10. The Kier molecular flexibility index (Phi) is 4.17. The third-order valence-electron chi connectivity index (χ3n) is 3.96. The fourth-order valence-electron chi connectivity index (χ4n) is 2.78. The first kappa shape index (κ1) is 13.0. The molecule has 1 heterocycles. The Morgan fingerprint density at radius 1 is 1.41 bits per heavy atom. The van der Waals surface area contributed by atoms with E-state index in [1.54, 1.807) is 11.3 Å². The average molecular weight is 254 g/mol. The number of hydrogen-bond donors (Lipinski definition) is 2. The lowest BCUT2D eigenvalue weighted by molar-refractivity contribution is 0.0164. The SMILES string of the molecule is Cc1csc(C(O)C2(CN)CCCCCC2)n1. The predicted molar refractivity (Wildman–Crippen MR) is 71.0 cm³/mol. The van der Waals surface area contributed by atoms with E-state index in [0.717, 1.165) is 23.5 Å². The Labute approximate surface area is 107 Å². The molecule has 3 N–H and O–H groups in total. The summed E-state index contributed by atoms with van der Waals surface area (Å²) in [5, 5.41) is 13.4. The van der Waals surface area contributed by atoms with Crippen molar-refractivity contribution in [2.75, 3.05) is 6.54 Å². The lowest BCUT2D eigenvalue weighted by Gasteiger charge is -2.35. The Bertz CT molecular complexity index is 356.